The molecule has 2 fully saturated rings. The molecule has 2 aliphatic rings. The van der Waals surface area contributed by atoms with Crippen molar-refractivity contribution in [3.05, 3.63) is 11.7 Å². The minimum atomic E-state index is 0.201. The van der Waals surface area contributed by atoms with E-state index in [2.05, 4.69) is 10.1 Å². The maximum atomic E-state index is 11.7. The highest BCUT2D eigenvalue weighted by Crippen LogP contribution is 2.29. The van der Waals surface area contributed by atoms with E-state index < -0.39 is 0 Å². The van der Waals surface area contributed by atoms with Crippen LogP contribution in [-0.2, 0) is 9.53 Å². The molecule has 110 valence electrons. The molecule has 1 atom stereocenters. The molecule has 3 rings (SSSR count). The highest BCUT2D eigenvalue weighted by molar-refractivity contribution is 5.76. The van der Waals surface area contributed by atoms with Crippen molar-refractivity contribution in [3.8, 4) is 0 Å². The van der Waals surface area contributed by atoms with Crippen LogP contribution < -0.4 is 0 Å². The highest BCUT2D eigenvalue weighted by atomic mass is 16.5. The number of hydrogen-bond acceptors (Lipinski definition) is 5. The minimum Gasteiger partial charge on any atom is -0.381 e. The molecule has 1 amide bonds. The third-order valence-electron chi connectivity index (χ3n) is 4.24. The fraction of sp³-hybridized carbons (Fsp3) is 0.786. The summed E-state index contributed by atoms with van der Waals surface area (Å²) in [6.07, 6.45) is 3.40. The molecule has 0 saturated carbocycles. The van der Waals surface area contributed by atoms with Gasteiger partial charge in [0.1, 0.15) is 0 Å². The van der Waals surface area contributed by atoms with E-state index >= 15 is 0 Å². The van der Waals surface area contributed by atoms with Crippen molar-refractivity contribution in [1.82, 2.24) is 15.0 Å². The van der Waals surface area contributed by atoms with Crippen molar-refractivity contribution in [3.63, 3.8) is 0 Å². The van der Waals surface area contributed by atoms with Gasteiger partial charge >= 0.3 is 0 Å². The first-order valence-corrected chi connectivity index (χ1v) is 7.47. The Balaban J connectivity index is 1.64. The summed E-state index contributed by atoms with van der Waals surface area (Å²) >= 11 is 0. The number of rotatable bonds is 3. The topological polar surface area (TPSA) is 68.5 Å². The van der Waals surface area contributed by atoms with Crippen LogP contribution in [0.25, 0.3) is 0 Å². The largest absolute Gasteiger partial charge is 0.381 e. The normalized spacial score (nSPS) is 24.2. The van der Waals surface area contributed by atoms with E-state index in [0.717, 1.165) is 44.8 Å². The second-order valence-corrected chi connectivity index (χ2v) is 5.56. The van der Waals surface area contributed by atoms with Gasteiger partial charge in [0.25, 0.3) is 0 Å². The molecule has 6 heteroatoms. The molecule has 0 N–H and O–H groups in total. The molecule has 20 heavy (non-hydrogen) atoms. The lowest BCUT2D eigenvalue weighted by molar-refractivity contribution is -0.129. The lowest BCUT2D eigenvalue weighted by Gasteiger charge is -2.18. The van der Waals surface area contributed by atoms with Crippen LogP contribution in [0.5, 0.6) is 0 Å². The van der Waals surface area contributed by atoms with E-state index in [1.165, 1.54) is 0 Å². The first-order valence-electron chi connectivity index (χ1n) is 7.47. The molecule has 1 aromatic rings. The van der Waals surface area contributed by atoms with E-state index in [1.54, 1.807) is 0 Å². The molecule has 2 saturated heterocycles. The summed E-state index contributed by atoms with van der Waals surface area (Å²) in [6.45, 7) is 4.95. The molecule has 1 aromatic heterocycles. The number of ether oxygens (including phenoxy) is 1. The third kappa shape index (κ3) is 2.70. The summed E-state index contributed by atoms with van der Waals surface area (Å²) in [7, 11) is 0. The standard InChI is InChI=1S/C14H21N3O3/c1-2-12(18)17-6-3-11(9-17)14-15-13(16-20-14)10-4-7-19-8-5-10/h10-11H,2-9H2,1H3. The summed E-state index contributed by atoms with van der Waals surface area (Å²) in [4.78, 5) is 18.1. The van der Waals surface area contributed by atoms with Crippen molar-refractivity contribution in [2.24, 2.45) is 0 Å². The van der Waals surface area contributed by atoms with Gasteiger partial charge in [0, 0.05) is 38.6 Å². The van der Waals surface area contributed by atoms with Gasteiger partial charge in [-0.05, 0) is 19.3 Å². The monoisotopic (exact) mass is 279 g/mol. The summed E-state index contributed by atoms with van der Waals surface area (Å²) in [5.41, 5.74) is 0. The Kier molecular flexibility index (Phi) is 4.00. The predicted octanol–water partition coefficient (Wildman–Crippen LogP) is 1.69. The van der Waals surface area contributed by atoms with E-state index in [4.69, 9.17) is 9.26 Å². The molecule has 0 bridgehead atoms. The van der Waals surface area contributed by atoms with Gasteiger partial charge < -0.3 is 14.2 Å². The van der Waals surface area contributed by atoms with E-state index in [1.807, 2.05) is 11.8 Å². The zero-order valence-electron chi connectivity index (χ0n) is 11.9. The molecular weight excluding hydrogens is 258 g/mol. The molecule has 1 unspecified atom stereocenters. The zero-order chi connectivity index (χ0) is 13.9. The van der Waals surface area contributed by atoms with Crippen LogP contribution in [0.3, 0.4) is 0 Å². The second kappa shape index (κ2) is 5.91. The second-order valence-electron chi connectivity index (χ2n) is 5.56. The van der Waals surface area contributed by atoms with Gasteiger partial charge in [-0.2, -0.15) is 4.98 Å². The molecule has 0 radical (unpaired) electrons. The van der Waals surface area contributed by atoms with Gasteiger partial charge in [-0.15, -0.1) is 0 Å². The van der Waals surface area contributed by atoms with Crippen molar-refractivity contribution < 1.29 is 14.1 Å². The highest BCUT2D eigenvalue weighted by Gasteiger charge is 2.31. The van der Waals surface area contributed by atoms with Crippen molar-refractivity contribution in [2.75, 3.05) is 26.3 Å². The van der Waals surface area contributed by atoms with Gasteiger partial charge in [-0.1, -0.05) is 12.1 Å². The molecule has 0 aromatic carbocycles. The van der Waals surface area contributed by atoms with Crippen LogP contribution >= 0.6 is 0 Å². The van der Waals surface area contributed by atoms with Gasteiger partial charge in [-0.25, -0.2) is 0 Å². The quantitative estimate of drug-likeness (QED) is 0.842. The van der Waals surface area contributed by atoms with Crippen molar-refractivity contribution in [1.29, 1.82) is 0 Å². The van der Waals surface area contributed by atoms with Gasteiger partial charge in [0.15, 0.2) is 5.82 Å². The lowest BCUT2D eigenvalue weighted by Crippen LogP contribution is -2.27. The van der Waals surface area contributed by atoms with Crippen molar-refractivity contribution >= 4 is 5.91 Å². The first-order chi connectivity index (χ1) is 9.78. The molecule has 0 spiro atoms. The zero-order valence-corrected chi connectivity index (χ0v) is 11.9. The fourth-order valence-electron chi connectivity index (χ4n) is 2.95. The number of amides is 1. The van der Waals surface area contributed by atoms with Gasteiger partial charge in [0.05, 0.1) is 5.92 Å². The Labute approximate surface area is 118 Å². The number of carbonyl (C=O) groups is 1. The summed E-state index contributed by atoms with van der Waals surface area (Å²) in [5.74, 6) is 2.26. The van der Waals surface area contributed by atoms with Crippen LogP contribution in [0, 0.1) is 0 Å². The van der Waals surface area contributed by atoms with E-state index in [9.17, 15) is 4.79 Å². The van der Waals surface area contributed by atoms with Gasteiger partial charge in [-0.3, -0.25) is 4.79 Å². The van der Waals surface area contributed by atoms with Crippen LogP contribution in [0.15, 0.2) is 4.52 Å². The predicted molar refractivity (Wildman–Crippen MR) is 71.3 cm³/mol. The SMILES string of the molecule is CCC(=O)N1CCC(c2nc(C3CCOCC3)no2)C1. The summed E-state index contributed by atoms with van der Waals surface area (Å²) < 4.78 is 10.8. The maximum absolute atomic E-state index is 11.7. The molecule has 3 heterocycles. The average Bonchev–Trinajstić information content (AvgIpc) is 3.16. The number of carbonyl (C=O) groups excluding carboxylic acids is 1. The maximum Gasteiger partial charge on any atom is 0.231 e. The van der Waals surface area contributed by atoms with Crippen LogP contribution in [0.4, 0.5) is 0 Å². The van der Waals surface area contributed by atoms with Crippen molar-refractivity contribution in [2.45, 2.75) is 44.4 Å². The molecule has 0 aliphatic carbocycles. The fourth-order valence-corrected chi connectivity index (χ4v) is 2.95. The average molecular weight is 279 g/mol. The number of likely N-dealkylation sites (tertiary alicyclic amines) is 1. The number of hydrogen-bond donors (Lipinski definition) is 0. The Morgan fingerprint density at radius 1 is 1.30 bits per heavy atom. The lowest BCUT2D eigenvalue weighted by atomic mass is 10.00. The van der Waals surface area contributed by atoms with Crippen LogP contribution in [-0.4, -0.2) is 47.3 Å². The Bertz CT molecular complexity index is 468. The minimum absolute atomic E-state index is 0.201. The Morgan fingerprint density at radius 3 is 2.85 bits per heavy atom. The third-order valence-corrected chi connectivity index (χ3v) is 4.24. The van der Waals surface area contributed by atoms with Crippen LogP contribution in [0.1, 0.15) is 56.2 Å². The molecular formula is C14H21N3O3. The van der Waals surface area contributed by atoms with E-state index in [-0.39, 0.29) is 11.8 Å². The van der Waals surface area contributed by atoms with Crippen LogP contribution in [0.2, 0.25) is 0 Å². The number of aromatic nitrogens is 2. The number of nitrogens with zero attached hydrogens (tertiary/aromatic N) is 3. The van der Waals surface area contributed by atoms with Gasteiger partial charge in [0.2, 0.25) is 11.8 Å². The molecule has 6 nitrogen and oxygen atoms in total. The summed E-state index contributed by atoms with van der Waals surface area (Å²) in [6, 6.07) is 0. The molecule has 2 aliphatic heterocycles. The summed E-state index contributed by atoms with van der Waals surface area (Å²) in [5, 5.41) is 4.13. The smallest absolute Gasteiger partial charge is 0.231 e. The first kappa shape index (κ1) is 13.5. The Hall–Kier alpha value is -1.43. The van der Waals surface area contributed by atoms with E-state index in [0.29, 0.717) is 24.8 Å². The Morgan fingerprint density at radius 2 is 2.10 bits per heavy atom.